The molecule has 1 saturated heterocycles. The molecule has 5 heteroatoms. The number of ether oxygens (including phenoxy) is 1. The maximum absolute atomic E-state index is 12.7. The Hall–Kier alpha value is -2.06. The van der Waals surface area contributed by atoms with Gasteiger partial charge in [-0.1, -0.05) is 19.1 Å². The maximum Gasteiger partial charge on any atom is 0.257 e. The lowest BCUT2D eigenvalue weighted by Crippen LogP contribution is -2.48. The number of hydrogen-bond donors (Lipinski definition) is 0. The van der Waals surface area contributed by atoms with E-state index in [-0.39, 0.29) is 5.91 Å². The van der Waals surface area contributed by atoms with Gasteiger partial charge >= 0.3 is 0 Å². The van der Waals surface area contributed by atoms with Crippen LogP contribution in [-0.2, 0) is 0 Å². The minimum absolute atomic E-state index is 0.0339. The third kappa shape index (κ3) is 4.22. The van der Waals surface area contributed by atoms with Gasteiger partial charge in [0.15, 0.2) is 0 Å². The van der Waals surface area contributed by atoms with Crippen LogP contribution in [0, 0.1) is 11.3 Å². The van der Waals surface area contributed by atoms with E-state index in [0.717, 1.165) is 26.1 Å². The van der Waals surface area contributed by atoms with Crippen molar-refractivity contribution in [3.05, 3.63) is 29.8 Å². The van der Waals surface area contributed by atoms with Gasteiger partial charge in [-0.2, -0.15) is 5.26 Å². The first-order valence-electron chi connectivity index (χ1n) is 7.86. The van der Waals surface area contributed by atoms with Crippen molar-refractivity contribution in [1.82, 2.24) is 9.80 Å². The topological polar surface area (TPSA) is 56.6 Å². The van der Waals surface area contributed by atoms with E-state index >= 15 is 0 Å². The molecule has 1 fully saturated rings. The lowest BCUT2D eigenvalue weighted by atomic mass is 10.1. The van der Waals surface area contributed by atoms with Crippen molar-refractivity contribution in [3.63, 3.8) is 0 Å². The Kier molecular flexibility index (Phi) is 6.23. The number of nitriles is 1. The predicted octanol–water partition coefficient (Wildman–Crippen LogP) is 2.15. The number of rotatable bonds is 6. The van der Waals surface area contributed by atoms with Gasteiger partial charge in [-0.25, -0.2) is 0 Å². The zero-order valence-electron chi connectivity index (χ0n) is 13.1. The molecule has 2 rings (SSSR count). The second-order valence-electron chi connectivity index (χ2n) is 5.39. The summed E-state index contributed by atoms with van der Waals surface area (Å²) in [5.41, 5.74) is 0.640. The van der Waals surface area contributed by atoms with Gasteiger partial charge in [-0.15, -0.1) is 0 Å². The summed E-state index contributed by atoms with van der Waals surface area (Å²) in [6.07, 6.45) is 1.46. The highest BCUT2D eigenvalue weighted by atomic mass is 16.5. The summed E-state index contributed by atoms with van der Waals surface area (Å²) >= 11 is 0. The van der Waals surface area contributed by atoms with Crippen LogP contribution in [0.2, 0.25) is 0 Å². The van der Waals surface area contributed by atoms with Crippen LogP contribution in [0.3, 0.4) is 0 Å². The summed E-state index contributed by atoms with van der Waals surface area (Å²) in [5.74, 6) is 0.702. The highest BCUT2D eigenvalue weighted by Crippen LogP contribution is 2.21. The minimum atomic E-state index is 0.0339. The predicted molar refractivity (Wildman–Crippen MR) is 84.8 cm³/mol. The van der Waals surface area contributed by atoms with Gasteiger partial charge in [0.1, 0.15) is 5.75 Å². The first kappa shape index (κ1) is 16.3. The quantitative estimate of drug-likeness (QED) is 0.808. The molecule has 0 atom stereocenters. The molecule has 1 aromatic rings. The molecule has 22 heavy (non-hydrogen) atoms. The van der Waals surface area contributed by atoms with Gasteiger partial charge in [0.05, 0.1) is 18.2 Å². The first-order valence-corrected chi connectivity index (χ1v) is 7.86. The van der Waals surface area contributed by atoms with E-state index in [2.05, 4.69) is 11.0 Å². The SMILES string of the molecule is CCCOc1ccccc1C(=O)N1CCN(CCC#N)CC1. The van der Waals surface area contributed by atoms with Crippen LogP contribution in [0.4, 0.5) is 0 Å². The summed E-state index contributed by atoms with van der Waals surface area (Å²) in [6.45, 7) is 6.50. The summed E-state index contributed by atoms with van der Waals surface area (Å²) in [7, 11) is 0. The number of benzene rings is 1. The molecule has 1 aliphatic rings. The normalized spacial score (nSPS) is 15.4. The Balaban J connectivity index is 1.97. The van der Waals surface area contributed by atoms with Crippen LogP contribution in [0.5, 0.6) is 5.75 Å². The molecular formula is C17H23N3O2. The van der Waals surface area contributed by atoms with Gasteiger partial charge in [-0.3, -0.25) is 9.69 Å². The molecule has 0 saturated carbocycles. The van der Waals surface area contributed by atoms with Gasteiger partial charge in [0.2, 0.25) is 0 Å². The Morgan fingerprint density at radius 3 is 2.68 bits per heavy atom. The molecule has 1 aromatic carbocycles. The average Bonchev–Trinajstić information content (AvgIpc) is 2.58. The van der Waals surface area contributed by atoms with Crippen LogP contribution >= 0.6 is 0 Å². The van der Waals surface area contributed by atoms with Crippen molar-refractivity contribution < 1.29 is 9.53 Å². The molecule has 0 aliphatic carbocycles. The fourth-order valence-corrected chi connectivity index (χ4v) is 2.53. The van der Waals surface area contributed by atoms with Crippen molar-refractivity contribution in [1.29, 1.82) is 5.26 Å². The average molecular weight is 301 g/mol. The van der Waals surface area contributed by atoms with E-state index in [0.29, 0.717) is 37.4 Å². The zero-order valence-corrected chi connectivity index (χ0v) is 13.1. The monoisotopic (exact) mass is 301 g/mol. The smallest absolute Gasteiger partial charge is 0.257 e. The van der Waals surface area contributed by atoms with Crippen molar-refractivity contribution in [2.45, 2.75) is 19.8 Å². The molecule has 0 bridgehead atoms. The maximum atomic E-state index is 12.7. The molecule has 1 aliphatic heterocycles. The third-order valence-corrected chi connectivity index (χ3v) is 3.78. The Labute approximate surface area is 132 Å². The number of amides is 1. The minimum Gasteiger partial charge on any atom is -0.493 e. The molecule has 0 aromatic heterocycles. The van der Waals surface area contributed by atoms with Crippen molar-refractivity contribution in [3.8, 4) is 11.8 Å². The van der Waals surface area contributed by atoms with E-state index < -0.39 is 0 Å². The number of carbonyl (C=O) groups excluding carboxylic acids is 1. The van der Waals surface area contributed by atoms with E-state index in [1.54, 1.807) is 0 Å². The van der Waals surface area contributed by atoms with Gasteiger partial charge < -0.3 is 9.64 Å². The van der Waals surface area contributed by atoms with Crippen molar-refractivity contribution in [2.24, 2.45) is 0 Å². The van der Waals surface area contributed by atoms with Crippen molar-refractivity contribution >= 4 is 5.91 Å². The number of carbonyl (C=O) groups is 1. The number of para-hydroxylation sites is 1. The Bertz CT molecular complexity index is 531. The fourth-order valence-electron chi connectivity index (χ4n) is 2.53. The summed E-state index contributed by atoms with van der Waals surface area (Å²) < 4.78 is 5.68. The van der Waals surface area contributed by atoms with E-state index in [1.807, 2.05) is 36.1 Å². The Morgan fingerprint density at radius 2 is 2.00 bits per heavy atom. The standard InChI is InChI=1S/C17H23N3O2/c1-2-14-22-16-7-4-3-6-15(16)17(21)20-12-10-19(11-13-20)9-5-8-18/h3-4,6-7H,2,5,9-14H2,1H3. The van der Waals surface area contributed by atoms with Crippen LogP contribution in [0.25, 0.3) is 0 Å². The molecule has 0 spiro atoms. The molecular weight excluding hydrogens is 278 g/mol. The molecule has 5 nitrogen and oxygen atoms in total. The van der Waals surface area contributed by atoms with E-state index in [1.165, 1.54) is 0 Å². The number of nitrogens with zero attached hydrogens (tertiary/aromatic N) is 3. The third-order valence-electron chi connectivity index (χ3n) is 3.78. The number of piperazine rings is 1. The van der Waals surface area contributed by atoms with Gasteiger partial charge in [0, 0.05) is 39.1 Å². The zero-order chi connectivity index (χ0) is 15.8. The summed E-state index contributed by atoms with van der Waals surface area (Å²) in [4.78, 5) is 16.8. The molecule has 1 heterocycles. The lowest BCUT2D eigenvalue weighted by molar-refractivity contribution is 0.0635. The van der Waals surface area contributed by atoms with Crippen LogP contribution in [0.1, 0.15) is 30.1 Å². The van der Waals surface area contributed by atoms with E-state index in [9.17, 15) is 4.79 Å². The lowest BCUT2D eigenvalue weighted by Gasteiger charge is -2.34. The first-order chi connectivity index (χ1) is 10.8. The van der Waals surface area contributed by atoms with Gasteiger partial charge in [-0.05, 0) is 18.6 Å². The largest absolute Gasteiger partial charge is 0.493 e. The molecule has 0 N–H and O–H groups in total. The summed E-state index contributed by atoms with van der Waals surface area (Å²) in [5, 5.41) is 8.63. The van der Waals surface area contributed by atoms with Crippen LogP contribution in [0.15, 0.2) is 24.3 Å². The van der Waals surface area contributed by atoms with Crippen molar-refractivity contribution in [2.75, 3.05) is 39.3 Å². The van der Waals surface area contributed by atoms with E-state index in [4.69, 9.17) is 10.00 Å². The fraction of sp³-hybridized carbons (Fsp3) is 0.529. The molecule has 118 valence electrons. The highest BCUT2D eigenvalue weighted by Gasteiger charge is 2.23. The summed E-state index contributed by atoms with van der Waals surface area (Å²) in [6, 6.07) is 9.61. The number of hydrogen-bond acceptors (Lipinski definition) is 4. The molecule has 0 unspecified atom stereocenters. The molecule has 0 radical (unpaired) electrons. The molecule has 1 amide bonds. The Morgan fingerprint density at radius 1 is 1.27 bits per heavy atom. The highest BCUT2D eigenvalue weighted by molar-refractivity contribution is 5.97. The van der Waals surface area contributed by atoms with Crippen LogP contribution < -0.4 is 4.74 Å². The second-order valence-corrected chi connectivity index (χ2v) is 5.39. The second kappa shape index (κ2) is 8.40. The van der Waals surface area contributed by atoms with Crippen LogP contribution in [-0.4, -0.2) is 55.0 Å². The van der Waals surface area contributed by atoms with Gasteiger partial charge in [0.25, 0.3) is 5.91 Å².